The van der Waals surface area contributed by atoms with E-state index >= 15 is 0 Å². The van der Waals surface area contributed by atoms with Crippen molar-refractivity contribution in [1.82, 2.24) is 0 Å². The van der Waals surface area contributed by atoms with Crippen LogP contribution in [0.15, 0.2) is 23.3 Å². The van der Waals surface area contributed by atoms with Crippen molar-refractivity contribution in [3.05, 3.63) is 39.8 Å². The summed E-state index contributed by atoms with van der Waals surface area (Å²) in [5.74, 6) is -0.578. The number of hydrogen-bond donors (Lipinski definition) is 0. The standard InChI is InChI=1S/C14H16N4O3/c1-9-4-3-5-11(14(20)21-2)13(9)18-8-10(6-12(18)19)7-16-17-15/h3-5,10H,6-8H2,1-2H3. The second kappa shape index (κ2) is 6.28. The van der Waals surface area contributed by atoms with Crippen LogP contribution in [0.5, 0.6) is 0 Å². The van der Waals surface area contributed by atoms with Gasteiger partial charge in [0.1, 0.15) is 0 Å². The van der Waals surface area contributed by atoms with Crippen LogP contribution in [0.4, 0.5) is 5.69 Å². The number of rotatable bonds is 4. The van der Waals surface area contributed by atoms with Gasteiger partial charge in [0.15, 0.2) is 0 Å². The molecular weight excluding hydrogens is 272 g/mol. The van der Waals surface area contributed by atoms with Gasteiger partial charge in [-0.2, -0.15) is 0 Å². The first-order valence-corrected chi connectivity index (χ1v) is 6.57. The first-order valence-electron chi connectivity index (χ1n) is 6.57. The van der Waals surface area contributed by atoms with Crippen molar-refractivity contribution in [2.75, 3.05) is 25.1 Å². The van der Waals surface area contributed by atoms with Crippen LogP contribution in [0.3, 0.4) is 0 Å². The van der Waals surface area contributed by atoms with Gasteiger partial charge < -0.3 is 9.64 Å². The largest absolute Gasteiger partial charge is 0.465 e. The summed E-state index contributed by atoms with van der Waals surface area (Å²) in [5, 5.41) is 3.52. The number of aryl methyl sites for hydroxylation is 1. The lowest BCUT2D eigenvalue weighted by Crippen LogP contribution is -2.28. The van der Waals surface area contributed by atoms with Crippen LogP contribution < -0.4 is 4.90 Å². The molecule has 0 N–H and O–H groups in total. The Balaban J connectivity index is 2.35. The molecular formula is C14H16N4O3. The van der Waals surface area contributed by atoms with Crippen LogP contribution >= 0.6 is 0 Å². The van der Waals surface area contributed by atoms with Crippen molar-refractivity contribution in [2.45, 2.75) is 13.3 Å². The highest BCUT2D eigenvalue weighted by atomic mass is 16.5. The molecule has 0 saturated carbocycles. The van der Waals surface area contributed by atoms with Gasteiger partial charge >= 0.3 is 5.97 Å². The normalized spacial score (nSPS) is 17.5. The van der Waals surface area contributed by atoms with Gasteiger partial charge in [-0.15, -0.1) is 0 Å². The van der Waals surface area contributed by atoms with Crippen LogP contribution in [-0.2, 0) is 9.53 Å². The van der Waals surface area contributed by atoms with Crippen molar-refractivity contribution < 1.29 is 14.3 Å². The van der Waals surface area contributed by atoms with Crippen molar-refractivity contribution in [3.8, 4) is 0 Å². The smallest absolute Gasteiger partial charge is 0.339 e. The minimum atomic E-state index is -0.472. The second-order valence-electron chi connectivity index (χ2n) is 4.95. The quantitative estimate of drug-likeness (QED) is 0.368. The molecule has 0 aromatic heterocycles. The van der Waals surface area contributed by atoms with Crippen LogP contribution in [0.2, 0.25) is 0 Å². The molecule has 0 spiro atoms. The van der Waals surface area contributed by atoms with Gasteiger partial charge in [0.05, 0.1) is 18.4 Å². The van der Waals surface area contributed by atoms with Crippen LogP contribution in [0.25, 0.3) is 10.4 Å². The third kappa shape index (κ3) is 2.98. The average molecular weight is 288 g/mol. The third-order valence-corrected chi connectivity index (χ3v) is 3.52. The van der Waals surface area contributed by atoms with Gasteiger partial charge in [-0.25, -0.2) is 4.79 Å². The van der Waals surface area contributed by atoms with Crippen LogP contribution in [0.1, 0.15) is 22.3 Å². The molecule has 1 heterocycles. The van der Waals surface area contributed by atoms with E-state index in [1.807, 2.05) is 13.0 Å². The first kappa shape index (κ1) is 14.9. The molecule has 0 aliphatic carbocycles. The Kier molecular flexibility index (Phi) is 4.45. The van der Waals surface area contributed by atoms with Gasteiger partial charge in [-0.3, -0.25) is 4.79 Å². The molecule has 110 valence electrons. The molecule has 2 rings (SSSR count). The molecule has 7 nitrogen and oxygen atoms in total. The maximum Gasteiger partial charge on any atom is 0.339 e. The van der Waals surface area contributed by atoms with E-state index in [0.717, 1.165) is 5.56 Å². The summed E-state index contributed by atoms with van der Waals surface area (Å²) < 4.78 is 4.77. The van der Waals surface area contributed by atoms with Crippen molar-refractivity contribution in [3.63, 3.8) is 0 Å². The number of methoxy groups -OCH3 is 1. The Bertz CT molecular complexity index is 623. The van der Waals surface area contributed by atoms with Gasteiger partial charge in [0.25, 0.3) is 0 Å². The maximum absolute atomic E-state index is 12.2. The van der Waals surface area contributed by atoms with E-state index in [2.05, 4.69) is 10.0 Å². The number of hydrogen-bond acceptors (Lipinski definition) is 4. The fourth-order valence-corrected chi connectivity index (χ4v) is 2.56. The maximum atomic E-state index is 12.2. The molecule has 21 heavy (non-hydrogen) atoms. The molecule has 1 amide bonds. The number of para-hydroxylation sites is 1. The SMILES string of the molecule is COC(=O)c1cccc(C)c1N1CC(CN=[N+]=[N-])CC1=O. The van der Waals surface area contributed by atoms with E-state index in [-0.39, 0.29) is 18.4 Å². The lowest BCUT2D eigenvalue weighted by molar-refractivity contribution is -0.117. The number of ether oxygens (including phenoxy) is 1. The number of carbonyl (C=O) groups excluding carboxylic acids is 2. The molecule has 1 atom stereocenters. The van der Waals surface area contributed by atoms with E-state index in [1.165, 1.54) is 7.11 Å². The van der Waals surface area contributed by atoms with Crippen molar-refractivity contribution in [2.24, 2.45) is 11.0 Å². The van der Waals surface area contributed by atoms with E-state index < -0.39 is 5.97 Å². The number of amides is 1. The number of azide groups is 1. The van der Waals surface area contributed by atoms with Gasteiger partial charge in [0, 0.05) is 24.4 Å². The van der Waals surface area contributed by atoms with Crippen molar-refractivity contribution in [1.29, 1.82) is 0 Å². The van der Waals surface area contributed by atoms with Gasteiger partial charge in [-0.05, 0) is 30.0 Å². The molecule has 1 aliphatic heterocycles. The molecule has 1 aromatic rings. The van der Waals surface area contributed by atoms with Crippen molar-refractivity contribution >= 4 is 17.6 Å². The molecule has 0 radical (unpaired) electrons. The van der Waals surface area contributed by atoms with E-state index in [9.17, 15) is 9.59 Å². The predicted octanol–water partition coefficient (Wildman–Crippen LogP) is 2.44. The lowest BCUT2D eigenvalue weighted by Gasteiger charge is -2.21. The van der Waals surface area contributed by atoms with Gasteiger partial charge in [0.2, 0.25) is 5.91 Å². The zero-order valence-corrected chi connectivity index (χ0v) is 11.9. The third-order valence-electron chi connectivity index (χ3n) is 3.52. The Morgan fingerprint density at radius 2 is 2.33 bits per heavy atom. The summed E-state index contributed by atoms with van der Waals surface area (Å²) in [4.78, 5) is 28.4. The average Bonchev–Trinajstić information content (AvgIpc) is 2.84. The molecule has 7 heteroatoms. The fourth-order valence-electron chi connectivity index (χ4n) is 2.56. The summed E-state index contributed by atoms with van der Waals surface area (Å²) in [6.45, 7) is 2.56. The molecule has 1 aromatic carbocycles. The molecule has 1 fully saturated rings. The first-order chi connectivity index (χ1) is 10.1. The van der Waals surface area contributed by atoms with E-state index in [0.29, 0.717) is 24.2 Å². The van der Waals surface area contributed by atoms with Crippen LogP contribution in [-0.4, -0.2) is 32.1 Å². The topological polar surface area (TPSA) is 95.4 Å². The molecule has 0 bridgehead atoms. The Labute approximate surface area is 122 Å². The fraction of sp³-hybridized carbons (Fsp3) is 0.429. The molecule has 1 unspecified atom stereocenters. The van der Waals surface area contributed by atoms with Gasteiger partial charge in [-0.1, -0.05) is 17.2 Å². The summed E-state index contributed by atoms with van der Waals surface area (Å²) in [7, 11) is 1.31. The predicted molar refractivity (Wildman–Crippen MR) is 77.0 cm³/mol. The molecule has 1 saturated heterocycles. The minimum absolute atomic E-state index is 0.0292. The van der Waals surface area contributed by atoms with Crippen LogP contribution in [0, 0.1) is 12.8 Å². The van der Waals surface area contributed by atoms with E-state index in [1.54, 1.807) is 17.0 Å². The zero-order valence-electron chi connectivity index (χ0n) is 11.9. The number of benzene rings is 1. The summed E-state index contributed by atoms with van der Waals surface area (Å²) in [5.41, 5.74) is 10.1. The number of anilines is 1. The highest BCUT2D eigenvalue weighted by Crippen LogP contribution is 2.31. The number of esters is 1. The number of nitrogens with zero attached hydrogens (tertiary/aromatic N) is 4. The summed E-state index contributed by atoms with van der Waals surface area (Å²) in [6, 6.07) is 5.24. The zero-order chi connectivity index (χ0) is 15.4. The molecule has 1 aliphatic rings. The highest BCUT2D eigenvalue weighted by Gasteiger charge is 2.33. The lowest BCUT2D eigenvalue weighted by atomic mass is 10.1. The Morgan fingerprint density at radius 1 is 1.57 bits per heavy atom. The second-order valence-corrected chi connectivity index (χ2v) is 4.95. The number of carbonyl (C=O) groups is 2. The van der Waals surface area contributed by atoms with E-state index in [4.69, 9.17) is 10.3 Å². The Morgan fingerprint density at radius 3 is 3.00 bits per heavy atom. The monoisotopic (exact) mass is 288 g/mol. The minimum Gasteiger partial charge on any atom is -0.465 e. The Hall–Kier alpha value is -2.53. The highest BCUT2D eigenvalue weighted by molar-refractivity contribution is 6.04. The summed E-state index contributed by atoms with van der Waals surface area (Å²) >= 11 is 0. The summed E-state index contributed by atoms with van der Waals surface area (Å²) in [6.07, 6.45) is 0.313.